The van der Waals surface area contributed by atoms with E-state index in [-0.39, 0.29) is 23.1 Å². The highest BCUT2D eigenvalue weighted by Crippen LogP contribution is 2.37. The normalized spacial score (nSPS) is 19.8. The van der Waals surface area contributed by atoms with E-state index in [2.05, 4.69) is 15.9 Å². The molecule has 1 aliphatic heterocycles. The SMILES string of the molecule is O=C1CC(CS(=O)(=O)F)CN1c1ccc(C(F)(F)F)c(Br)c1. The molecule has 1 amide bonds. The second kappa shape index (κ2) is 5.80. The van der Waals surface area contributed by atoms with Gasteiger partial charge in [0.25, 0.3) is 0 Å². The molecule has 2 rings (SSSR count). The highest BCUT2D eigenvalue weighted by Gasteiger charge is 2.36. The molecule has 0 saturated carbocycles. The van der Waals surface area contributed by atoms with Gasteiger partial charge in [-0.15, -0.1) is 3.89 Å². The van der Waals surface area contributed by atoms with Crippen LogP contribution in [0.25, 0.3) is 0 Å². The first-order chi connectivity index (χ1) is 9.97. The van der Waals surface area contributed by atoms with Crippen molar-refractivity contribution in [3.63, 3.8) is 0 Å². The summed E-state index contributed by atoms with van der Waals surface area (Å²) < 4.78 is 71.7. The maximum atomic E-state index is 12.7. The summed E-state index contributed by atoms with van der Waals surface area (Å²) in [6.45, 7) is -0.0558. The van der Waals surface area contributed by atoms with E-state index in [9.17, 15) is 30.3 Å². The summed E-state index contributed by atoms with van der Waals surface area (Å²) in [6.07, 6.45) is -4.70. The smallest absolute Gasteiger partial charge is 0.312 e. The summed E-state index contributed by atoms with van der Waals surface area (Å²) >= 11 is 2.80. The molecular formula is C12H10BrF4NO3S. The largest absolute Gasteiger partial charge is 0.417 e. The topological polar surface area (TPSA) is 54.5 Å². The van der Waals surface area contributed by atoms with Crippen molar-refractivity contribution >= 4 is 37.7 Å². The predicted octanol–water partition coefficient (Wildman–Crippen LogP) is 3.12. The zero-order chi connectivity index (χ0) is 16.7. The zero-order valence-electron chi connectivity index (χ0n) is 10.9. The second-order valence-corrected chi connectivity index (χ2v) is 7.21. The van der Waals surface area contributed by atoms with E-state index in [1.807, 2.05) is 0 Å². The highest BCUT2D eigenvalue weighted by atomic mass is 79.9. The average Bonchev–Trinajstić information content (AvgIpc) is 2.65. The number of rotatable bonds is 3. The molecule has 0 aromatic heterocycles. The fourth-order valence-corrected chi connectivity index (χ4v) is 3.70. The lowest BCUT2D eigenvalue weighted by molar-refractivity contribution is -0.138. The monoisotopic (exact) mass is 403 g/mol. The van der Waals surface area contributed by atoms with Gasteiger partial charge in [-0.3, -0.25) is 4.79 Å². The van der Waals surface area contributed by atoms with Gasteiger partial charge < -0.3 is 4.90 Å². The molecule has 1 unspecified atom stereocenters. The van der Waals surface area contributed by atoms with Crippen LogP contribution in [0.2, 0.25) is 0 Å². The molecule has 0 aliphatic carbocycles. The Morgan fingerprint density at radius 1 is 1.32 bits per heavy atom. The molecule has 1 heterocycles. The molecule has 0 N–H and O–H groups in total. The summed E-state index contributed by atoms with van der Waals surface area (Å²) in [6, 6.07) is 3.08. The van der Waals surface area contributed by atoms with Gasteiger partial charge in [0, 0.05) is 29.0 Å². The predicted molar refractivity (Wildman–Crippen MR) is 74.5 cm³/mol. The fourth-order valence-electron chi connectivity index (χ4n) is 2.33. The standard InChI is InChI=1S/C12H10BrF4NO3S/c13-10-4-8(1-2-9(10)12(14,15)16)18-5-7(3-11(18)19)6-22(17,20)21/h1-2,4,7H,3,5-6H2. The van der Waals surface area contributed by atoms with Crippen LogP contribution in [0.15, 0.2) is 22.7 Å². The van der Waals surface area contributed by atoms with Crippen molar-refractivity contribution in [2.45, 2.75) is 12.6 Å². The second-order valence-electron chi connectivity index (χ2n) is 4.94. The van der Waals surface area contributed by atoms with Crippen molar-refractivity contribution in [2.75, 3.05) is 17.2 Å². The first kappa shape index (κ1) is 17.2. The Labute approximate surface area is 132 Å². The minimum atomic E-state index is -4.71. The number of carbonyl (C=O) groups excluding carboxylic acids is 1. The summed E-state index contributed by atoms with van der Waals surface area (Å²) in [5, 5.41) is 0. The van der Waals surface area contributed by atoms with Gasteiger partial charge in [0.1, 0.15) is 0 Å². The molecule has 10 heteroatoms. The van der Waals surface area contributed by atoms with E-state index >= 15 is 0 Å². The van der Waals surface area contributed by atoms with Crippen molar-refractivity contribution < 1.29 is 30.3 Å². The number of hydrogen-bond acceptors (Lipinski definition) is 3. The molecule has 1 aromatic rings. The van der Waals surface area contributed by atoms with Gasteiger partial charge in [-0.25, -0.2) is 0 Å². The van der Waals surface area contributed by atoms with Crippen molar-refractivity contribution in [3.8, 4) is 0 Å². The summed E-state index contributed by atoms with van der Waals surface area (Å²) in [5.74, 6) is -1.96. The summed E-state index contributed by atoms with van der Waals surface area (Å²) in [4.78, 5) is 13.0. The average molecular weight is 404 g/mol. The number of nitrogens with zero attached hydrogens (tertiary/aromatic N) is 1. The zero-order valence-corrected chi connectivity index (χ0v) is 13.3. The Morgan fingerprint density at radius 2 is 1.95 bits per heavy atom. The molecular weight excluding hydrogens is 394 g/mol. The highest BCUT2D eigenvalue weighted by molar-refractivity contribution is 9.10. The van der Waals surface area contributed by atoms with Crippen LogP contribution in [0.3, 0.4) is 0 Å². The number of alkyl halides is 3. The van der Waals surface area contributed by atoms with Crippen LogP contribution in [0.5, 0.6) is 0 Å². The van der Waals surface area contributed by atoms with Crippen LogP contribution in [0.4, 0.5) is 22.7 Å². The molecule has 1 saturated heterocycles. The van der Waals surface area contributed by atoms with Gasteiger partial charge in [-0.05, 0) is 18.2 Å². The molecule has 0 radical (unpaired) electrons. The summed E-state index contributed by atoms with van der Waals surface area (Å²) in [5.41, 5.74) is -0.686. The summed E-state index contributed by atoms with van der Waals surface area (Å²) in [7, 11) is -4.71. The van der Waals surface area contributed by atoms with Crippen LogP contribution in [-0.4, -0.2) is 26.6 Å². The van der Waals surface area contributed by atoms with E-state index in [1.54, 1.807) is 0 Å². The Morgan fingerprint density at radius 3 is 2.45 bits per heavy atom. The van der Waals surface area contributed by atoms with Crippen LogP contribution >= 0.6 is 15.9 Å². The molecule has 1 aliphatic rings. The molecule has 1 aromatic carbocycles. The molecule has 122 valence electrons. The number of hydrogen-bond donors (Lipinski definition) is 0. The fraction of sp³-hybridized carbons (Fsp3) is 0.417. The third-order valence-corrected chi connectivity index (χ3v) is 4.74. The van der Waals surface area contributed by atoms with E-state index in [1.165, 1.54) is 0 Å². The molecule has 4 nitrogen and oxygen atoms in total. The number of halogens is 5. The van der Waals surface area contributed by atoms with Crippen molar-refractivity contribution in [3.05, 3.63) is 28.2 Å². The number of anilines is 1. The Balaban J connectivity index is 2.22. The third kappa shape index (κ3) is 3.97. The molecule has 22 heavy (non-hydrogen) atoms. The van der Waals surface area contributed by atoms with Crippen molar-refractivity contribution in [2.24, 2.45) is 5.92 Å². The van der Waals surface area contributed by atoms with E-state index < -0.39 is 39.5 Å². The lowest BCUT2D eigenvalue weighted by atomic mass is 10.1. The van der Waals surface area contributed by atoms with E-state index in [0.717, 1.165) is 23.1 Å². The lowest BCUT2D eigenvalue weighted by Crippen LogP contribution is -2.25. The van der Waals surface area contributed by atoms with Crippen LogP contribution in [-0.2, 0) is 21.2 Å². The molecule has 0 bridgehead atoms. The van der Waals surface area contributed by atoms with Crippen molar-refractivity contribution in [1.29, 1.82) is 0 Å². The third-order valence-electron chi connectivity index (χ3n) is 3.21. The first-order valence-corrected chi connectivity index (χ1v) is 8.41. The van der Waals surface area contributed by atoms with E-state index in [4.69, 9.17) is 0 Å². The Kier molecular flexibility index (Phi) is 4.54. The minimum Gasteiger partial charge on any atom is -0.312 e. The van der Waals surface area contributed by atoms with Gasteiger partial charge in [0.15, 0.2) is 0 Å². The number of benzene rings is 1. The molecule has 1 atom stereocenters. The van der Waals surface area contributed by atoms with Crippen LogP contribution in [0, 0.1) is 5.92 Å². The molecule has 0 spiro atoms. The van der Waals surface area contributed by atoms with Gasteiger partial charge in [-0.2, -0.15) is 21.6 Å². The minimum absolute atomic E-state index is 0.0558. The Hall–Kier alpha value is -1.16. The van der Waals surface area contributed by atoms with Crippen molar-refractivity contribution in [1.82, 2.24) is 0 Å². The number of carbonyl (C=O) groups is 1. The number of amides is 1. The van der Waals surface area contributed by atoms with Gasteiger partial charge in [0.2, 0.25) is 5.91 Å². The van der Waals surface area contributed by atoms with Gasteiger partial charge >= 0.3 is 16.4 Å². The van der Waals surface area contributed by atoms with Crippen LogP contribution < -0.4 is 4.90 Å². The lowest BCUT2D eigenvalue weighted by Gasteiger charge is -2.18. The first-order valence-electron chi connectivity index (χ1n) is 6.07. The van der Waals surface area contributed by atoms with Gasteiger partial charge in [-0.1, -0.05) is 15.9 Å². The quantitative estimate of drug-likeness (QED) is 0.575. The molecule has 1 fully saturated rings. The van der Waals surface area contributed by atoms with Crippen LogP contribution in [0.1, 0.15) is 12.0 Å². The maximum Gasteiger partial charge on any atom is 0.417 e. The van der Waals surface area contributed by atoms with Gasteiger partial charge in [0.05, 0.1) is 11.3 Å². The Bertz CT molecular complexity index is 705. The maximum absolute atomic E-state index is 12.7. The van der Waals surface area contributed by atoms with E-state index in [0.29, 0.717) is 0 Å².